The molecule has 6 nitrogen and oxygen atoms in total. The Morgan fingerprint density at radius 2 is 1.05 bits per heavy atom. The van der Waals surface area contributed by atoms with Gasteiger partial charge in [-0.05, 0) is 25.7 Å². The van der Waals surface area contributed by atoms with Gasteiger partial charge in [0.25, 0.3) is 0 Å². The third-order valence-corrected chi connectivity index (χ3v) is 5.45. The van der Waals surface area contributed by atoms with E-state index >= 15 is 0 Å². The summed E-state index contributed by atoms with van der Waals surface area (Å²) in [7, 11) is 0. The summed E-state index contributed by atoms with van der Waals surface area (Å²) in [6.07, 6.45) is 4.85. The highest BCUT2D eigenvalue weighted by Crippen LogP contribution is 2.37. The van der Waals surface area contributed by atoms with Crippen molar-refractivity contribution in [1.82, 2.24) is 21.3 Å². The second-order valence-electron chi connectivity index (χ2n) is 6.57. The van der Waals surface area contributed by atoms with E-state index in [1.54, 1.807) is 0 Å². The van der Waals surface area contributed by atoms with Crippen LogP contribution in [-0.4, -0.2) is 28.8 Å². The zero-order valence-corrected chi connectivity index (χ0v) is 13.6. The molecule has 2 fully saturated rings. The fourth-order valence-corrected chi connectivity index (χ4v) is 3.85. The van der Waals surface area contributed by atoms with E-state index in [2.05, 4.69) is 49.0 Å². The third kappa shape index (κ3) is 2.80. The number of carbonyl (C=O) groups excluding carboxylic acids is 2. The van der Waals surface area contributed by atoms with E-state index in [-0.39, 0.29) is 23.1 Å². The minimum Gasteiger partial charge on any atom is -0.333 e. The molecular weight excluding hydrogens is 268 g/mol. The molecule has 0 aliphatic carbocycles. The van der Waals surface area contributed by atoms with Crippen LogP contribution < -0.4 is 21.3 Å². The van der Waals surface area contributed by atoms with Gasteiger partial charge in [0, 0.05) is 23.9 Å². The molecule has 0 unspecified atom stereocenters. The predicted octanol–water partition coefficient (Wildman–Crippen LogP) is 2.21. The third-order valence-electron chi connectivity index (χ3n) is 5.45. The van der Waals surface area contributed by atoms with Crippen molar-refractivity contribution in [3.05, 3.63) is 0 Å². The Labute approximate surface area is 126 Å². The standard InChI is InChI=1S/C15H28N4O2/c1-5-13(6-2)9-15(18-11(20)16-13)10-14(7-3,8-4)17-12(21)19-15/h5-10H2,1-4H3,(H2,16,18,20)(H2,17,19,21). The van der Waals surface area contributed by atoms with Crippen LogP contribution in [0.2, 0.25) is 0 Å². The fourth-order valence-electron chi connectivity index (χ4n) is 3.85. The normalized spacial score (nSPS) is 25.5. The number of carbonyl (C=O) groups is 2. The van der Waals surface area contributed by atoms with Gasteiger partial charge in [-0.2, -0.15) is 0 Å². The van der Waals surface area contributed by atoms with Crippen LogP contribution in [-0.2, 0) is 0 Å². The first-order valence-corrected chi connectivity index (χ1v) is 8.07. The summed E-state index contributed by atoms with van der Waals surface area (Å²) in [4.78, 5) is 24.3. The molecular formula is C15H28N4O2. The second kappa shape index (κ2) is 5.39. The van der Waals surface area contributed by atoms with E-state index in [4.69, 9.17) is 0 Å². The zero-order chi connectivity index (χ0) is 15.7. The molecule has 4 N–H and O–H groups in total. The van der Waals surface area contributed by atoms with Gasteiger partial charge in [0.05, 0.1) is 0 Å². The number of rotatable bonds is 4. The molecule has 0 atom stereocenters. The first-order chi connectivity index (χ1) is 9.86. The number of nitrogens with one attached hydrogen (secondary N) is 4. The molecule has 120 valence electrons. The molecule has 0 bridgehead atoms. The zero-order valence-electron chi connectivity index (χ0n) is 13.6. The molecule has 0 aromatic carbocycles. The molecule has 6 heteroatoms. The smallest absolute Gasteiger partial charge is 0.317 e. The van der Waals surface area contributed by atoms with Gasteiger partial charge in [-0.1, -0.05) is 27.7 Å². The summed E-state index contributed by atoms with van der Waals surface area (Å²) in [6.45, 7) is 8.33. The van der Waals surface area contributed by atoms with Gasteiger partial charge in [0.2, 0.25) is 0 Å². The van der Waals surface area contributed by atoms with Crippen LogP contribution >= 0.6 is 0 Å². The van der Waals surface area contributed by atoms with Crippen LogP contribution in [0.25, 0.3) is 0 Å². The second-order valence-corrected chi connectivity index (χ2v) is 6.57. The molecule has 1 spiro atoms. The molecule has 2 aliphatic heterocycles. The lowest BCUT2D eigenvalue weighted by atomic mass is 9.73. The first kappa shape index (κ1) is 15.9. The van der Waals surface area contributed by atoms with E-state index in [9.17, 15) is 9.59 Å². The van der Waals surface area contributed by atoms with Crippen LogP contribution in [0.4, 0.5) is 9.59 Å². The summed E-state index contributed by atoms with van der Waals surface area (Å²) < 4.78 is 0. The molecule has 0 aromatic rings. The minimum atomic E-state index is -0.650. The van der Waals surface area contributed by atoms with Crippen LogP contribution in [0.15, 0.2) is 0 Å². The number of amides is 4. The maximum absolute atomic E-state index is 12.2. The van der Waals surface area contributed by atoms with Crippen LogP contribution in [0.1, 0.15) is 66.2 Å². The van der Waals surface area contributed by atoms with Gasteiger partial charge >= 0.3 is 12.1 Å². The fraction of sp³-hybridized carbons (Fsp3) is 0.867. The molecule has 2 heterocycles. The van der Waals surface area contributed by atoms with Crippen molar-refractivity contribution in [2.24, 2.45) is 0 Å². The molecule has 0 saturated carbocycles. The monoisotopic (exact) mass is 296 g/mol. The quantitative estimate of drug-likeness (QED) is 0.641. The molecule has 0 aromatic heterocycles. The molecule has 2 rings (SSSR count). The lowest BCUT2D eigenvalue weighted by Crippen LogP contribution is -2.79. The average Bonchev–Trinajstić information content (AvgIpc) is 2.45. The lowest BCUT2D eigenvalue weighted by Gasteiger charge is -2.54. The van der Waals surface area contributed by atoms with E-state index < -0.39 is 5.66 Å². The van der Waals surface area contributed by atoms with Crippen molar-refractivity contribution in [2.45, 2.75) is 83.0 Å². The maximum atomic E-state index is 12.2. The highest BCUT2D eigenvalue weighted by molar-refractivity contribution is 5.81. The van der Waals surface area contributed by atoms with E-state index in [1.165, 1.54) is 0 Å². The topological polar surface area (TPSA) is 82.3 Å². The van der Waals surface area contributed by atoms with E-state index in [0.717, 1.165) is 25.7 Å². The van der Waals surface area contributed by atoms with Crippen LogP contribution in [0.5, 0.6) is 0 Å². The van der Waals surface area contributed by atoms with Crippen LogP contribution in [0.3, 0.4) is 0 Å². The van der Waals surface area contributed by atoms with E-state index in [0.29, 0.717) is 12.8 Å². The number of hydrogen-bond acceptors (Lipinski definition) is 2. The summed E-state index contributed by atoms with van der Waals surface area (Å²) >= 11 is 0. The Balaban J connectivity index is 2.35. The van der Waals surface area contributed by atoms with Gasteiger partial charge in [-0.3, -0.25) is 0 Å². The number of hydrogen-bond donors (Lipinski definition) is 4. The first-order valence-electron chi connectivity index (χ1n) is 8.07. The average molecular weight is 296 g/mol. The highest BCUT2D eigenvalue weighted by atomic mass is 16.2. The van der Waals surface area contributed by atoms with Gasteiger partial charge in [0.1, 0.15) is 5.66 Å². The molecule has 2 saturated heterocycles. The Kier molecular flexibility index (Phi) is 4.08. The Morgan fingerprint density at radius 3 is 1.33 bits per heavy atom. The van der Waals surface area contributed by atoms with Gasteiger partial charge in [0.15, 0.2) is 0 Å². The van der Waals surface area contributed by atoms with Gasteiger partial charge < -0.3 is 21.3 Å². The van der Waals surface area contributed by atoms with Crippen molar-refractivity contribution in [3.8, 4) is 0 Å². The Hall–Kier alpha value is -1.46. The van der Waals surface area contributed by atoms with Gasteiger partial charge in [-0.15, -0.1) is 0 Å². The van der Waals surface area contributed by atoms with Crippen molar-refractivity contribution >= 4 is 12.1 Å². The lowest BCUT2D eigenvalue weighted by molar-refractivity contribution is 0.0670. The highest BCUT2D eigenvalue weighted by Gasteiger charge is 2.53. The molecule has 4 amide bonds. The molecule has 0 radical (unpaired) electrons. The van der Waals surface area contributed by atoms with Crippen molar-refractivity contribution < 1.29 is 9.59 Å². The largest absolute Gasteiger partial charge is 0.333 e. The summed E-state index contributed by atoms with van der Waals surface area (Å²) in [5.74, 6) is 0. The SMILES string of the molecule is CCC1(CC)CC2(CC(CC)(CC)NC(=O)N2)NC(=O)N1. The Morgan fingerprint density at radius 1 is 0.714 bits per heavy atom. The summed E-state index contributed by atoms with van der Waals surface area (Å²) in [5, 5.41) is 12.1. The predicted molar refractivity (Wildman–Crippen MR) is 81.9 cm³/mol. The molecule has 21 heavy (non-hydrogen) atoms. The van der Waals surface area contributed by atoms with Crippen molar-refractivity contribution in [3.63, 3.8) is 0 Å². The van der Waals surface area contributed by atoms with Crippen LogP contribution in [0, 0.1) is 0 Å². The Bertz CT molecular complexity index is 387. The minimum absolute atomic E-state index is 0.187. The van der Waals surface area contributed by atoms with Crippen molar-refractivity contribution in [1.29, 1.82) is 0 Å². The van der Waals surface area contributed by atoms with Crippen molar-refractivity contribution in [2.75, 3.05) is 0 Å². The summed E-state index contributed by atoms with van der Waals surface area (Å²) in [5.41, 5.74) is -1.15. The summed E-state index contributed by atoms with van der Waals surface area (Å²) in [6, 6.07) is -0.374. The van der Waals surface area contributed by atoms with Gasteiger partial charge in [-0.25, -0.2) is 9.59 Å². The van der Waals surface area contributed by atoms with E-state index in [1.807, 2.05) is 0 Å². The molecule has 2 aliphatic rings. The maximum Gasteiger partial charge on any atom is 0.317 e. The number of urea groups is 2.